The highest BCUT2D eigenvalue weighted by molar-refractivity contribution is 7.09. The van der Waals surface area contributed by atoms with E-state index < -0.39 is 0 Å². The van der Waals surface area contributed by atoms with E-state index in [0.717, 1.165) is 18.4 Å². The Kier molecular flexibility index (Phi) is 6.62. The van der Waals surface area contributed by atoms with Gasteiger partial charge in [-0.1, -0.05) is 43.3 Å². The molecule has 0 spiro atoms. The number of thiophene rings is 1. The molecule has 2 amide bonds. The average Bonchev–Trinajstić information content (AvgIpc) is 3.07. The minimum Gasteiger partial charge on any atom is -0.396 e. The number of amides is 2. The molecule has 0 aliphatic rings. The summed E-state index contributed by atoms with van der Waals surface area (Å²) in [5.41, 5.74) is 0.788. The van der Waals surface area contributed by atoms with Crippen LogP contribution in [0.25, 0.3) is 0 Å². The zero-order valence-electron chi connectivity index (χ0n) is 13.4. The lowest BCUT2D eigenvalue weighted by atomic mass is 9.84. The van der Waals surface area contributed by atoms with Gasteiger partial charge in [0.25, 0.3) is 0 Å². The Morgan fingerprint density at radius 3 is 2.61 bits per heavy atom. The molecule has 1 atom stereocenters. The van der Waals surface area contributed by atoms with Crippen molar-refractivity contribution in [3.8, 4) is 0 Å². The van der Waals surface area contributed by atoms with E-state index in [4.69, 9.17) is 0 Å². The van der Waals surface area contributed by atoms with E-state index in [0.29, 0.717) is 13.1 Å². The van der Waals surface area contributed by atoms with Gasteiger partial charge in [-0.15, -0.1) is 11.3 Å². The third kappa shape index (κ3) is 6.04. The standard InChI is InChI=1S/C18H24N2O2S/c1-18(14-21,12-15-6-3-2-4-7-15)13-20-17(22)19-10-9-16-8-5-11-23-16/h2-8,11,21H,9-10,12-14H2,1H3,(H2,19,20,22). The van der Waals surface area contributed by atoms with Crippen molar-refractivity contribution < 1.29 is 9.90 Å². The van der Waals surface area contributed by atoms with Gasteiger partial charge in [-0.05, 0) is 29.9 Å². The Morgan fingerprint density at radius 1 is 1.17 bits per heavy atom. The van der Waals surface area contributed by atoms with Gasteiger partial charge in [0, 0.05) is 23.4 Å². The number of aliphatic hydroxyl groups excluding tert-OH is 1. The molecule has 0 aliphatic heterocycles. The van der Waals surface area contributed by atoms with Gasteiger partial charge in [-0.2, -0.15) is 0 Å². The first-order valence-corrected chi connectivity index (χ1v) is 8.68. The molecule has 1 heterocycles. The van der Waals surface area contributed by atoms with Crippen molar-refractivity contribution in [3.63, 3.8) is 0 Å². The summed E-state index contributed by atoms with van der Waals surface area (Å²) in [5, 5.41) is 17.4. The summed E-state index contributed by atoms with van der Waals surface area (Å²) in [7, 11) is 0. The predicted molar refractivity (Wildman–Crippen MR) is 94.8 cm³/mol. The topological polar surface area (TPSA) is 61.4 Å². The second-order valence-corrected chi connectivity index (χ2v) is 7.10. The SMILES string of the molecule is CC(CO)(CNC(=O)NCCc1cccs1)Cc1ccccc1. The molecule has 4 nitrogen and oxygen atoms in total. The molecule has 0 saturated heterocycles. The van der Waals surface area contributed by atoms with Gasteiger partial charge in [0.2, 0.25) is 0 Å². The number of urea groups is 1. The molecule has 124 valence electrons. The molecular formula is C18H24N2O2S. The van der Waals surface area contributed by atoms with Crippen LogP contribution < -0.4 is 10.6 Å². The van der Waals surface area contributed by atoms with Gasteiger partial charge >= 0.3 is 6.03 Å². The third-order valence-corrected chi connectivity index (χ3v) is 4.70. The maximum atomic E-state index is 11.9. The van der Waals surface area contributed by atoms with E-state index in [1.165, 1.54) is 4.88 Å². The van der Waals surface area contributed by atoms with E-state index in [1.807, 2.05) is 48.7 Å². The van der Waals surface area contributed by atoms with Crippen molar-refractivity contribution >= 4 is 17.4 Å². The first kappa shape index (κ1) is 17.5. The van der Waals surface area contributed by atoms with E-state index in [2.05, 4.69) is 16.7 Å². The molecule has 0 fully saturated rings. The lowest BCUT2D eigenvalue weighted by Crippen LogP contribution is -2.44. The Labute approximate surface area is 141 Å². The summed E-state index contributed by atoms with van der Waals surface area (Å²) in [6, 6.07) is 13.9. The Morgan fingerprint density at radius 2 is 1.96 bits per heavy atom. The van der Waals surface area contributed by atoms with Gasteiger partial charge in [-0.25, -0.2) is 4.79 Å². The fourth-order valence-electron chi connectivity index (χ4n) is 2.37. The minimum atomic E-state index is -0.369. The Balaban J connectivity index is 1.74. The van der Waals surface area contributed by atoms with Crippen LogP contribution in [-0.4, -0.2) is 30.8 Å². The van der Waals surface area contributed by atoms with E-state index in [-0.39, 0.29) is 18.1 Å². The van der Waals surface area contributed by atoms with Gasteiger partial charge in [0.05, 0.1) is 6.61 Å². The van der Waals surface area contributed by atoms with E-state index >= 15 is 0 Å². The lowest BCUT2D eigenvalue weighted by Gasteiger charge is -2.27. The molecule has 0 radical (unpaired) electrons. The fourth-order valence-corrected chi connectivity index (χ4v) is 3.08. The molecule has 0 bridgehead atoms. The minimum absolute atomic E-state index is 0.0252. The molecule has 2 rings (SSSR count). The van der Waals surface area contributed by atoms with E-state index in [9.17, 15) is 9.90 Å². The molecule has 2 aromatic rings. The molecule has 0 aliphatic carbocycles. The summed E-state index contributed by atoms with van der Waals surface area (Å²) >= 11 is 1.69. The van der Waals surface area contributed by atoms with Crippen LogP contribution in [0.15, 0.2) is 47.8 Å². The zero-order chi connectivity index (χ0) is 16.5. The largest absolute Gasteiger partial charge is 0.396 e. The number of aliphatic hydroxyl groups is 1. The predicted octanol–water partition coefficient (Wildman–Crippen LogP) is 2.83. The highest BCUT2D eigenvalue weighted by atomic mass is 32.1. The van der Waals surface area contributed by atoms with Gasteiger partial charge in [-0.3, -0.25) is 0 Å². The first-order chi connectivity index (χ1) is 11.1. The highest BCUT2D eigenvalue weighted by Crippen LogP contribution is 2.21. The molecular weight excluding hydrogens is 308 g/mol. The first-order valence-electron chi connectivity index (χ1n) is 7.80. The van der Waals surface area contributed by atoms with Gasteiger partial charge < -0.3 is 15.7 Å². The van der Waals surface area contributed by atoms with Crippen LogP contribution in [0.1, 0.15) is 17.4 Å². The average molecular weight is 332 g/mol. The van der Waals surface area contributed by atoms with Gasteiger partial charge in [0.15, 0.2) is 0 Å². The number of hydrogen-bond donors (Lipinski definition) is 3. The maximum absolute atomic E-state index is 11.9. The third-order valence-electron chi connectivity index (χ3n) is 3.77. The van der Waals surface area contributed by atoms with Gasteiger partial charge in [0.1, 0.15) is 0 Å². The molecule has 1 aromatic carbocycles. The number of carbonyl (C=O) groups is 1. The fraction of sp³-hybridized carbons (Fsp3) is 0.389. The lowest BCUT2D eigenvalue weighted by molar-refractivity contribution is 0.140. The van der Waals surface area contributed by atoms with Crippen LogP contribution in [0, 0.1) is 5.41 Å². The molecule has 0 saturated carbocycles. The molecule has 3 N–H and O–H groups in total. The van der Waals surface area contributed by atoms with Crippen molar-refractivity contribution in [2.75, 3.05) is 19.7 Å². The second-order valence-electron chi connectivity index (χ2n) is 6.07. The number of nitrogens with one attached hydrogen (secondary N) is 2. The monoisotopic (exact) mass is 332 g/mol. The van der Waals surface area contributed by atoms with Crippen LogP contribution in [0.2, 0.25) is 0 Å². The van der Waals surface area contributed by atoms with Crippen LogP contribution in [0.5, 0.6) is 0 Å². The van der Waals surface area contributed by atoms with Crippen molar-refractivity contribution in [2.45, 2.75) is 19.8 Å². The number of hydrogen-bond acceptors (Lipinski definition) is 3. The van der Waals surface area contributed by atoms with Crippen molar-refractivity contribution in [1.29, 1.82) is 0 Å². The Bertz CT molecular complexity index is 586. The van der Waals surface area contributed by atoms with Crippen LogP contribution in [-0.2, 0) is 12.8 Å². The quantitative estimate of drug-likeness (QED) is 0.696. The number of carbonyl (C=O) groups excluding carboxylic acids is 1. The summed E-state index contributed by atoms with van der Waals surface area (Å²) in [6.07, 6.45) is 1.56. The zero-order valence-corrected chi connectivity index (χ0v) is 14.2. The normalized spacial score (nSPS) is 13.3. The summed E-state index contributed by atoms with van der Waals surface area (Å²) in [4.78, 5) is 13.1. The summed E-state index contributed by atoms with van der Waals surface area (Å²) in [5.74, 6) is 0. The number of benzene rings is 1. The van der Waals surface area contributed by atoms with Crippen molar-refractivity contribution in [2.24, 2.45) is 5.41 Å². The smallest absolute Gasteiger partial charge is 0.314 e. The molecule has 1 unspecified atom stereocenters. The van der Waals surface area contributed by atoms with Crippen LogP contribution >= 0.6 is 11.3 Å². The highest BCUT2D eigenvalue weighted by Gasteiger charge is 2.24. The summed E-state index contributed by atoms with van der Waals surface area (Å²) in [6.45, 7) is 3.05. The molecule has 1 aromatic heterocycles. The van der Waals surface area contributed by atoms with Crippen LogP contribution in [0.4, 0.5) is 4.79 Å². The summed E-state index contributed by atoms with van der Waals surface area (Å²) < 4.78 is 0. The van der Waals surface area contributed by atoms with Crippen molar-refractivity contribution in [3.05, 3.63) is 58.3 Å². The van der Waals surface area contributed by atoms with Crippen LogP contribution in [0.3, 0.4) is 0 Å². The van der Waals surface area contributed by atoms with E-state index in [1.54, 1.807) is 11.3 Å². The second kappa shape index (κ2) is 8.70. The maximum Gasteiger partial charge on any atom is 0.314 e. The molecule has 23 heavy (non-hydrogen) atoms. The van der Waals surface area contributed by atoms with Crippen molar-refractivity contribution in [1.82, 2.24) is 10.6 Å². The molecule has 5 heteroatoms. The Hall–Kier alpha value is -1.85. The number of rotatable bonds is 8.